The number of hydrogen-bond donors (Lipinski definition) is 3. The second-order valence-electron chi connectivity index (χ2n) is 4.84. The maximum atomic E-state index is 11.9. The summed E-state index contributed by atoms with van der Waals surface area (Å²) in [7, 11) is 0. The highest BCUT2D eigenvalue weighted by Gasteiger charge is 2.29. The van der Waals surface area contributed by atoms with Crippen LogP contribution in [0.15, 0.2) is 0 Å². The minimum Gasteiger partial charge on any atom is -0.354 e. The third kappa shape index (κ3) is 2.72. The van der Waals surface area contributed by atoms with Crippen molar-refractivity contribution in [2.75, 3.05) is 6.54 Å². The zero-order chi connectivity index (χ0) is 11.5. The molecule has 2 aliphatic rings. The van der Waals surface area contributed by atoms with Gasteiger partial charge in [-0.1, -0.05) is 6.42 Å². The van der Waals surface area contributed by atoms with Gasteiger partial charge in [0.2, 0.25) is 11.8 Å². The third-order valence-electron chi connectivity index (χ3n) is 3.41. The van der Waals surface area contributed by atoms with Gasteiger partial charge in [0.05, 0.1) is 6.04 Å². The monoisotopic (exact) mass is 225 g/mol. The first kappa shape index (κ1) is 11.4. The molecule has 2 fully saturated rings. The zero-order valence-corrected chi connectivity index (χ0v) is 9.37. The van der Waals surface area contributed by atoms with E-state index in [0.29, 0.717) is 13.0 Å². The lowest BCUT2D eigenvalue weighted by Crippen LogP contribution is -2.43. The number of carbonyl (C=O) groups excluding carboxylic acids is 2. The summed E-state index contributed by atoms with van der Waals surface area (Å²) in [5.41, 5.74) is 5.85. The molecule has 0 spiro atoms. The highest BCUT2D eigenvalue weighted by atomic mass is 16.2. The first-order chi connectivity index (χ1) is 7.65. The normalized spacial score (nSPS) is 34.6. The summed E-state index contributed by atoms with van der Waals surface area (Å²) >= 11 is 0. The van der Waals surface area contributed by atoms with Gasteiger partial charge in [-0.15, -0.1) is 0 Å². The minimum atomic E-state index is -0.0295. The number of carbonyl (C=O) groups is 2. The summed E-state index contributed by atoms with van der Waals surface area (Å²) in [6, 6.07) is 0.131. The lowest BCUT2D eigenvalue weighted by molar-refractivity contribution is -0.126. The summed E-state index contributed by atoms with van der Waals surface area (Å²) in [5.74, 6) is 0.127. The van der Waals surface area contributed by atoms with Crippen LogP contribution in [-0.4, -0.2) is 30.4 Å². The lowest BCUT2D eigenvalue weighted by atomic mass is 9.85. The molecule has 0 bridgehead atoms. The van der Waals surface area contributed by atoms with Crippen LogP contribution in [0.2, 0.25) is 0 Å². The van der Waals surface area contributed by atoms with E-state index < -0.39 is 0 Å². The van der Waals surface area contributed by atoms with Crippen LogP contribution in [0.25, 0.3) is 0 Å². The summed E-state index contributed by atoms with van der Waals surface area (Å²) in [5, 5.41) is 5.63. The van der Waals surface area contributed by atoms with E-state index >= 15 is 0 Å². The summed E-state index contributed by atoms with van der Waals surface area (Å²) in [4.78, 5) is 22.9. The van der Waals surface area contributed by atoms with Gasteiger partial charge in [-0.2, -0.15) is 0 Å². The van der Waals surface area contributed by atoms with E-state index in [-0.39, 0.29) is 29.8 Å². The van der Waals surface area contributed by atoms with E-state index in [1.807, 2.05) is 0 Å². The van der Waals surface area contributed by atoms with E-state index in [2.05, 4.69) is 10.6 Å². The fourth-order valence-electron chi connectivity index (χ4n) is 2.49. The van der Waals surface area contributed by atoms with Gasteiger partial charge in [0.15, 0.2) is 0 Å². The molecule has 5 nitrogen and oxygen atoms in total. The molecule has 5 heteroatoms. The van der Waals surface area contributed by atoms with Gasteiger partial charge >= 0.3 is 0 Å². The van der Waals surface area contributed by atoms with Gasteiger partial charge in [-0.3, -0.25) is 9.59 Å². The van der Waals surface area contributed by atoms with Gasteiger partial charge in [-0.25, -0.2) is 0 Å². The molecule has 1 heterocycles. The van der Waals surface area contributed by atoms with Crippen molar-refractivity contribution < 1.29 is 9.59 Å². The SMILES string of the molecule is NC1CCCC(C(=O)NC2CNC(=O)C2)C1. The van der Waals surface area contributed by atoms with E-state index in [0.717, 1.165) is 25.7 Å². The van der Waals surface area contributed by atoms with Crippen molar-refractivity contribution in [1.29, 1.82) is 0 Å². The molecule has 2 rings (SSSR count). The first-order valence-corrected chi connectivity index (χ1v) is 5.98. The Labute approximate surface area is 95.1 Å². The largest absolute Gasteiger partial charge is 0.354 e. The summed E-state index contributed by atoms with van der Waals surface area (Å²) in [6.45, 7) is 0.559. The van der Waals surface area contributed by atoms with Crippen LogP contribution in [0, 0.1) is 5.92 Å². The van der Waals surface area contributed by atoms with Gasteiger partial charge in [-0.05, 0) is 19.3 Å². The van der Waals surface area contributed by atoms with Gasteiger partial charge < -0.3 is 16.4 Å². The van der Waals surface area contributed by atoms with E-state index in [4.69, 9.17) is 5.73 Å². The average Bonchev–Trinajstić information content (AvgIpc) is 2.64. The minimum absolute atomic E-state index is 0.0191. The molecule has 4 N–H and O–H groups in total. The molecule has 90 valence electrons. The topological polar surface area (TPSA) is 84.2 Å². The van der Waals surface area contributed by atoms with Crippen molar-refractivity contribution in [1.82, 2.24) is 10.6 Å². The summed E-state index contributed by atoms with van der Waals surface area (Å²) in [6.07, 6.45) is 4.16. The smallest absolute Gasteiger partial charge is 0.223 e. The average molecular weight is 225 g/mol. The molecule has 1 aliphatic heterocycles. The number of nitrogens with one attached hydrogen (secondary N) is 2. The zero-order valence-electron chi connectivity index (χ0n) is 9.37. The summed E-state index contributed by atoms with van der Waals surface area (Å²) < 4.78 is 0. The van der Waals surface area contributed by atoms with Crippen LogP contribution in [0.1, 0.15) is 32.1 Å². The Morgan fingerprint density at radius 2 is 2.25 bits per heavy atom. The van der Waals surface area contributed by atoms with Crippen molar-refractivity contribution in [3.63, 3.8) is 0 Å². The molecular weight excluding hydrogens is 206 g/mol. The highest BCUT2D eigenvalue weighted by molar-refractivity contribution is 5.83. The van der Waals surface area contributed by atoms with E-state index in [9.17, 15) is 9.59 Å². The van der Waals surface area contributed by atoms with Crippen LogP contribution < -0.4 is 16.4 Å². The molecule has 1 saturated carbocycles. The van der Waals surface area contributed by atoms with E-state index in [1.165, 1.54) is 0 Å². The Hall–Kier alpha value is -1.10. The number of amides is 2. The Bertz CT molecular complexity index is 293. The molecule has 0 radical (unpaired) electrons. The van der Waals surface area contributed by atoms with Crippen molar-refractivity contribution in [3.8, 4) is 0 Å². The Balaban J connectivity index is 1.80. The molecule has 0 aromatic carbocycles. The predicted octanol–water partition coefficient (Wildman–Crippen LogP) is -0.491. The van der Waals surface area contributed by atoms with Crippen LogP contribution >= 0.6 is 0 Å². The molecule has 0 aromatic heterocycles. The van der Waals surface area contributed by atoms with Crippen LogP contribution in [0.3, 0.4) is 0 Å². The van der Waals surface area contributed by atoms with Crippen LogP contribution in [0.4, 0.5) is 0 Å². The second kappa shape index (κ2) is 4.82. The van der Waals surface area contributed by atoms with Crippen LogP contribution in [0.5, 0.6) is 0 Å². The first-order valence-electron chi connectivity index (χ1n) is 5.98. The molecule has 2 amide bonds. The lowest BCUT2D eigenvalue weighted by Gasteiger charge is -2.26. The Kier molecular flexibility index (Phi) is 3.43. The highest BCUT2D eigenvalue weighted by Crippen LogP contribution is 2.23. The molecule has 1 aliphatic carbocycles. The fraction of sp³-hybridized carbons (Fsp3) is 0.818. The molecule has 0 aromatic rings. The van der Waals surface area contributed by atoms with Gasteiger partial charge in [0.1, 0.15) is 0 Å². The van der Waals surface area contributed by atoms with Crippen LogP contribution in [-0.2, 0) is 9.59 Å². The third-order valence-corrected chi connectivity index (χ3v) is 3.41. The molecular formula is C11H19N3O2. The quantitative estimate of drug-likeness (QED) is 0.593. The molecule has 16 heavy (non-hydrogen) atoms. The maximum absolute atomic E-state index is 11.9. The van der Waals surface area contributed by atoms with Crippen molar-refractivity contribution in [2.24, 2.45) is 11.7 Å². The number of hydrogen-bond acceptors (Lipinski definition) is 3. The maximum Gasteiger partial charge on any atom is 0.223 e. The standard InChI is InChI=1S/C11H19N3O2/c12-8-3-1-2-7(4-8)11(16)14-9-5-10(15)13-6-9/h7-9H,1-6,12H2,(H,13,15)(H,14,16). The molecule has 1 saturated heterocycles. The second-order valence-corrected chi connectivity index (χ2v) is 4.84. The molecule has 3 atom stereocenters. The van der Waals surface area contributed by atoms with Gasteiger partial charge in [0.25, 0.3) is 0 Å². The van der Waals surface area contributed by atoms with E-state index in [1.54, 1.807) is 0 Å². The molecule has 3 unspecified atom stereocenters. The number of nitrogens with two attached hydrogens (primary N) is 1. The fourth-order valence-corrected chi connectivity index (χ4v) is 2.49. The van der Waals surface area contributed by atoms with Crippen molar-refractivity contribution in [2.45, 2.75) is 44.2 Å². The number of rotatable bonds is 2. The van der Waals surface area contributed by atoms with Crippen molar-refractivity contribution in [3.05, 3.63) is 0 Å². The van der Waals surface area contributed by atoms with Crippen molar-refractivity contribution >= 4 is 11.8 Å². The predicted molar refractivity (Wildman–Crippen MR) is 59.5 cm³/mol. The van der Waals surface area contributed by atoms with Gasteiger partial charge in [0, 0.05) is 24.9 Å². The Morgan fingerprint density at radius 3 is 2.88 bits per heavy atom. The Morgan fingerprint density at radius 1 is 1.44 bits per heavy atom.